The zero-order valence-corrected chi connectivity index (χ0v) is 15.3. The maximum absolute atomic E-state index is 12.7. The maximum atomic E-state index is 12.7. The van der Waals surface area contributed by atoms with Crippen LogP contribution in [0.25, 0.3) is 20.2 Å². The van der Waals surface area contributed by atoms with E-state index in [-0.39, 0.29) is 5.43 Å². The molecule has 0 saturated carbocycles. The first-order valence-corrected chi connectivity index (χ1v) is 9.08. The maximum Gasteiger partial charge on any atom is 0.373 e. The summed E-state index contributed by atoms with van der Waals surface area (Å²) in [5, 5.41) is 1.18. The van der Waals surface area contributed by atoms with Gasteiger partial charge >= 0.3 is 5.97 Å². The highest BCUT2D eigenvalue weighted by atomic mass is 32.1. The van der Waals surface area contributed by atoms with Crippen LogP contribution < -0.4 is 5.43 Å². The lowest BCUT2D eigenvalue weighted by Crippen LogP contribution is -2.26. The van der Waals surface area contributed by atoms with Gasteiger partial charge in [-0.1, -0.05) is 25.5 Å². The molecule has 0 N–H and O–H groups in total. The fourth-order valence-electron chi connectivity index (χ4n) is 2.77. The minimum Gasteiger partial charge on any atom is -0.292 e. The molecule has 0 spiro atoms. The van der Waals surface area contributed by atoms with Crippen molar-refractivity contribution in [3.05, 3.63) is 58.3 Å². The normalized spacial score (nSPS) is 11.8. The number of carbonyl (C=O) groups is 1. The molecule has 1 heterocycles. The lowest BCUT2D eigenvalue weighted by Gasteiger charge is -2.21. The van der Waals surface area contributed by atoms with Crippen LogP contribution in [0.15, 0.2) is 47.3 Å². The van der Waals surface area contributed by atoms with Gasteiger partial charge in [-0.2, -0.15) is 4.89 Å². The minimum atomic E-state index is -0.594. The Morgan fingerprint density at radius 3 is 2.56 bits per heavy atom. The Balaban J connectivity index is 1.93. The molecule has 2 aromatic carbocycles. The first-order valence-electron chi connectivity index (χ1n) is 8.27. The summed E-state index contributed by atoms with van der Waals surface area (Å²) < 4.78 is 1.77. The van der Waals surface area contributed by atoms with Crippen LogP contribution in [0.4, 0.5) is 0 Å². The van der Waals surface area contributed by atoms with Crippen LogP contribution in [0, 0.1) is 0 Å². The molecule has 5 heteroatoms. The quantitative estimate of drug-likeness (QED) is 0.363. The summed E-state index contributed by atoms with van der Waals surface area (Å²) >= 11 is 1.53. The third-order valence-electron chi connectivity index (χ3n) is 4.01. The van der Waals surface area contributed by atoms with E-state index in [1.165, 1.54) is 11.3 Å². The van der Waals surface area contributed by atoms with Gasteiger partial charge in [-0.3, -0.25) is 9.68 Å². The Bertz CT molecular complexity index is 988. The van der Waals surface area contributed by atoms with Crippen molar-refractivity contribution in [3.63, 3.8) is 0 Å². The molecule has 3 rings (SSSR count). The summed E-state index contributed by atoms with van der Waals surface area (Å²) in [5.41, 5.74) is -0.311. The predicted octanol–water partition coefficient (Wildman–Crippen LogP) is 5.08. The zero-order chi connectivity index (χ0) is 18.0. The van der Waals surface area contributed by atoms with Gasteiger partial charge in [0.15, 0.2) is 5.43 Å². The summed E-state index contributed by atoms with van der Waals surface area (Å²) in [6.45, 7) is 5.78. The van der Waals surface area contributed by atoms with Crippen LogP contribution in [-0.4, -0.2) is 11.6 Å². The summed E-state index contributed by atoms with van der Waals surface area (Å²) in [4.78, 5) is 35.2. The Morgan fingerprint density at radius 2 is 1.80 bits per heavy atom. The molecule has 0 bridgehead atoms. The van der Waals surface area contributed by atoms with Crippen LogP contribution in [0.2, 0.25) is 0 Å². The first-order chi connectivity index (χ1) is 11.9. The van der Waals surface area contributed by atoms with Crippen LogP contribution in [0.3, 0.4) is 0 Å². The van der Waals surface area contributed by atoms with Gasteiger partial charge in [0.05, 0.1) is 5.56 Å². The third kappa shape index (κ3) is 3.72. The highest BCUT2D eigenvalue weighted by Gasteiger charge is 2.22. The van der Waals surface area contributed by atoms with Gasteiger partial charge in [0, 0.05) is 20.2 Å². The third-order valence-corrected chi connectivity index (χ3v) is 5.16. The van der Waals surface area contributed by atoms with E-state index < -0.39 is 11.6 Å². The van der Waals surface area contributed by atoms with E-state index >= 15 is 0 Å². The zero-order valence-electron chi connectivity index (χ0n) is 14.5. The number of benzene rings is 2. The van der Waals surface area contributed by atoms with Crippen molar-refractivity contribution in [1.29, 1.82) is 0 Å². The van der Waals surface area contributed by atoms with Crippen molar-refractivity contribution in [3.8, 4) is 0 Å². The fourth-order valence-corrected chi connectivity index (χ4v) is 3.82. The fraction of sp³-hybridized carbons (Fsp3) is 0.300. The average molecular weight is 356 g/mol. The number of hydrogen-bond acceptors (Lipinski definition) is 5. The van der Waals surface area contributed by atoms with Crippen molar-refractivity contribution in [2.45, 2.75) is 39.2 Å². The Hall–Kier alpha value is -2.24. The molecule has 1 aromatic heterocycles. The molecule has 0 aliphatic carbocycles. The average Bonchev–Trinajstić information content (AvgIpc) is 2.60. The number of rotatable bonds is 5. The molecule has 3 aromatic rings. The topological polar surface area (TPSA) is 52.6 Å². The highest BCUT2D eigenvalue weighted by molar-refractivity contribution is 7.24. The number of fused-ring (bicyclic) bond motifs is 2. The molecule has 0 aliphatic heterocycles. The van der Waals surface area contributed by atoms with Crippen molar-refractivity contribution >= 4 is 37.5 Å². The standard InChI is InChI=1S/C20H20O4S/c1-4-11-20(2,3)24-23-19(22)13-9-10-17-15(12-13)18(21)14-7-5-6-8-16(14)25-17/h5-10,12H,4,11H2,1-3H3. The highest BCUT2D eigenvalue weighted by Crippen LogP contribution is 2.25. The van der Waals surface area contributed by atoms with Gasteiger partial charge in [0.1, 0.15) is 5.60 Å². The van der Waals surface area contributed by atoms with Crippen LogP contribution in [-0.2, 0) is 9.78 Å². The lowest BCUT2D eigenvalue weighted by molar-refractivity contribution is -0.308. The van der Waals surface area contributed by atoms with Gasteiger partial charge in [-0.25, -0.2) is 4.79 Å². The van der Waals surface area contributed by atoms with E-state index in [2.05, 4.69) is 0 Å². The predicted molar refractivity (Wildman–Crippen MR) is 101 cm³/mol. The first kappa shape index (κ1) is 17.6. The van der Waals surface area contributed by atoms with E-state index in [9.17, 15) is 9.59 Å². The number of carbonyl (C=O) groups excluding carboxylic acids is 1. The molecular formula is C20H20O4S. The minimum absolute atomic E-state index is 0.0776. The molecular weight excluding hydrogens is 336 g/mol. The molecule has 0 atom stereocenters. The Kier molecular flexibility index (Phi) is 4.88. The molecule has 0 aliphatic rings. The molecule has 4 nitrogen and oxygen atoms in total. The second-order valence-corrected chi connectivity index (χ2v) is 7.69. The molecule has 0 radical (unpaired) electrons. The van der Waals surface area contributed by atoms with Crippen LogP contribution >= 0.6 is 11.3 Å². The molecule has 0 unspecified atom stereocenters. The van der Waals surface area contributed by atoms with Crippen molar-refractivity contribution in [1.82, 2.24) is 0 Å². The van der Waals surface area contributed by atoms with E-state index in [1.54, 1.807) is 24.3 Å². The summed E-state index contributed by atoms with van der Waals surface area (Å²) in [5.74, 6) is -0.594. The molecule has 0 saturated heterocycles. The molecule has 0 amide bonds. The molecule has 130 valence electrons. The van der Waals surface area contributed by atoms with Gasteiger partial charge < -0.3 is 0 Å². The Labute approximate surface area is 149 Å². The molecule has 25 heavy (non-hydrogen) atoms. The van der Waals surface area contributed by atoms with Gasteiger partial charge in [0.2, 0.25) is 0 Å². The van der Waals surface area contributed by atoms with Crippen molar-refractivity contribution in [2.75, 3.05) is 0 Å². The summed E-state index contributed by atoms with van der Waals surface area (Å²) in [7, 11) is 0. The van der Waals surface area contributed by atoms with Crippen LogP contribution in [0.5, 0.6) is 0 Å². The van der Waals surface area contributed by atoms with Gasteiger partial charge in [-0.05, 0) is 50.6 Å². The summed E-state index contributed by atoms with van der Waals surface area (Å²) in [6, 6.07) is 12.5. The number of hydrogen-bond donors (Lipinski definition) is 0. The Morgan fingerprint density at radius 1 is 1.08 bits per heavy atom. The summed E-state index contributed by atoms with van der Waals surface area (Å²) in [6.07, 6.45) is 1.70. The van der Waals surface area contributed by atoms with Crippen LogP contribution in [0.1, 0.15) is 44.0 Å². The SMILES string of the molecule is CCCC(C)(C)OOC(=O)c1ccc2sc3ccccc3c(=O)c2c1. The van der Waals surface area contributed by atoms with Crippen molar-refractivity contribution < 1.29 is 14.6 Å². The van der Waals surface area contributed by atoms with E-state index in [1.807, 2.05) is 39.0 Å². The van der Waals surface area contributed by atoms with E-state index in [0.29, 0.717) is 16.3 Å². The molecule has 0 fully saturated rings. The lowest BCUT2D eigenvalue weighted by atomic mass is 10.0. The van der Waals surface area contributed by atoms with E-state index in [0.717, 1.165) is 22.2 Å². The second-order valence-electron chi connectivity index (χ2n) is 6.60. The largest absolute Gasteiger partial charge is 0.373 e. The second kappa shape index (κ2) is 6.94. The van der Waals surface area contributed by atoms with Gasteiger partial charge in [0.25, 0.3) is 0 Å². The monoisotopic (exact) mass is 356 g/mol. The smallest absolute Gasteiger partial charge is 0.292 e. The van der Waals surface area contributed by atoms with E-state index in [4.69, 9.17) is 9.78 Å². The van der Waals surface area contributed by atoms with Gasteiger partial charge in [-0.15, -0.1) is 11.3 Å². The van der Waals surface area contributed by atoms with Crippen molar-refractivity contribution in [2.24, 2.45) is 0 Å².